The SMILES string of the molecule is COc1ccc(-c2nc(-c3ccc(-n4cc(-c5nc(Nc6ccc(F)cc6)nc(Nc6ccc(F)cc6)n5)nn4)cc3)oc2-c2ccc(OC)cc2)cc1. The molecule has 0 radical (unpaired) electrons. The third-order valence-electron chi connectivity index (χ3n) is 8.28. The van der Waals surface area contributed by atoms with Gasteiger partial charge in [0.05, 0.1) is 26.1 Å². The van der Waals surface area contributed by atoms with E-state index in [4.69, 9.17) is 18.9 Å². The lowest BCUT2D eigenvalue weighted by atomic mass is 10.1. The Morgan fingerprint density at radius 2 is 1.09 bits per heavy atom. The summed E-state index contributed by atoms with van der Waals surface area (Å²) in [6, 6.07) is 34.3. The molecule has 54 heavy (non-hydrogen) atoms. The van der Waals surface area contributed by atoms with Crippen molar-refractivity contribution >= 4 is 23.3 Å². The van der Waals surface area contributed by atoms with Crippen LogP contribution in [0.15, 0.2) is 132 Å². The molecule has 0 amide bonds. The van der Waals surface area contributed by atoms with Crippen LogP contribution in [-0.2, 0) is 0 Å². The fourth-order valence-corrected chi connectivity index (χ4v) is 5.50. The molecule has 0 aliphatic rings. The highest BCUT2D eigenvalue weighted by molar-refractivity contribution is 5.79. The molecule has 12 nitrogen and oxygen atoms in total. The van der Waals surface area contributed by atoms with Gasteiger partial charge in [0, 0.05) is 28.1 Å². The number of anilines is 4. The van der Waals surface area contributed by atoms with Crippen molar-refractivity contribution in [3.63, 3.8) is 0 Å². The Balaban J connectivity index is 1.09. The molecule has 0 saturated heterocycles. The molecule has 3 aromatic heterocycles. The van der Waals surface area contributed by atoms with Crippen molar-refractivity contribution in [2.24, 2.45) is 0 Å². The van der Waals surface area contributed by atoms with E-state index in [9.17, 15) is 8.78 Å². The molecule has 0 saturated carbocycles. The molecule has 0 aliphatic carbocycles. The number of ether oxygens (including phenoxy) is 2. The number of hydrogen-bond acceptors (Lipinski definition) is 11. The Labute approximate surface area is 307 Å². The molecule has 0 aliphatic heterocycles. The lowest BCUT2D eigenvalue weighted by Gasteiger charge is -2.09. The van der Waals surface area contributed by atoms with E-state index in [2.05, 4.69) is 35.9 Å². The van der Waals surface area contributed by atoms with Gasteiger partial charge in [0.25, 0.3) is 0 Å². The molecule has 8 aromatic rings. The summed E-state index contributed by atoms with van der Waals surface area (Å²) in [6.07, 6.45) is 1.68. The first-order valence-electron chi connectivity index (χ1n) is 16.6. The molecule has 0 fully saturated rings. The van der Waals surface area contributed by atoms with E-state index in [1.54, 1.807) is 49.4 Å². The molecule has 0 bridgehead atoms. The van der Waals surface area contributed by atoms with Crippen LogP contribution < -0.4 is 20.1 Å². The highest BCUT2D eigenvalue weighted by atomic mass is 19.1. The Kier molecular flexibility index (Phi) is 9.12. The van der Waals surface area contributed by atoms with Gasteiger partial charge in [-0.15, -0.1) is 5.10 Å². The number of rotatable bonds is 11. The number of halogens is 2. The van der Waals surface area contributed by atoms with Crippen molar-refractivity contribution in [2.45, 2.75) is 0 Å². The lowest BCUT2D eigenvalue weighted by Crippen LogP contribution is -2.05. The smallest absolute Gasteiger partial charge is 0.232 e. The van der Waals surface area contributed by atoms with Crippen molar-refractivity contribution < 1.29 is 22.7 Å². The summed E-state index contributed by atoms with van der Waals surface area (Å²) in [5, 5.41) is 14.8. The molecule has 0 atom stereocenters. The van der Waals surface area contributed by atoms with E-state index in [1.165, 1.54) is 24.3 Å². The molecule has 3 heterocycles. The number of nitrogens with zero attached hydrogens (tertiary/aromatic N) is 7. The monoisotopic (exact) mass is 721 g/mol. The van der Waals surface area contributed by atoms with Crippen molar-refractivity contribution in [2.75, 3.05) is 24.9 Å². The van der Waals surface area contributed by atoms with Gasteiger partial charge in [-0.25, -0.2) is 18.4 Å². The highest BCUT2D eigenvalue weighted by Gasteiger charge is 2.19. The normalized spacial score (nSPS) is 11.0. The first-order valence-corrected chi connectivity index (χ1v) is 16.6. The second kappa shape index (κ2) is 14.6. The first kappa shape index (κ1) is 33.7. The van der Waals surface area contributed by atoms with Gasteiger partial charge in [-0.1, -0.05) is 5.21 Å². The molecule has 5 aromatic carbocycles. The predicted molar refractivity (Wildman–Crippen MR) is 199 cm³/mol. The molecular formula is C40H29F2N9O3. The minimum atomic E-state index is -0.378. The topological polar surface area (TPSA) is 138 Å². The zero-order valence-corrected chi connectivity index (χ0v) is 28.7. The van der Waals surface area contributed by atoms with E-state index in [0.29, 0.717) is 40.1 Å². The fourth-order valence-electron chi connectivity index (χ4n) is 5.50. The van der Waals surface area contributed by atoms with E-state index in [1.807, 2.05) is 72.8 Å². The van der Waals surface area contributed by atoms with E-state index < -0.39 is 0 Å². The Morgan fingerprint density at radius 1 is 0.574 bits per heavy atom. The van der Waals surface area contributed by atoms with Gasteiger partial charge in [-0.3, -0.25) is 0 Å². The van der Waals surface area contributed by atoms with Gasteiger partial charge >= 0.3 is 0 Å². The van der Waals surface area contributed by atoms with Gasteiger partial charge in [-0.2, -0.15) is 15.0 Å². The zero-order valence-electron chi connectivity index (χ0n) is 28.7. The van der Waals surface area contributed by atoms with Crippen LogP contribution in [-0.4, -0.2) is 49.1 Å². The number of nitrogens with one attached hydrogen (secondary N) is 2. The summed E-state index contributed by atoms with van der Waals surface area (Å²) in [6.45, 7) is 0. The van der Waals surface area contributed by atoms with Crippen molar-refractivity contribution in [1.82, 2.24) is 34.9 Å². The van der Waals surface area contributed by atoms with Crippen LogP contribution in [0.1, 0.15) is 0 Å². The largest absolute Gasteiger partial charge is 0.497 e. The maximum Gasteiger partial charge on any atom is 0.232 e. The standard InChI is InChI=1S/C40H29F2N9O3/c1-52-32-19-5-24(6-20-32)35-36(25-7-21-33(53-2)22-8-25)54-38(45-35)26-3-17-31(18-4-26)51-23-34(49-50-51)37-46-39(43-29-13-9-27(41)10-14-29)48-40(47-37)44-30-15-11-28(42)12-16-30/h3-23H,1-2H3,(H2,43,44,46,47,48). The number of aromatic nitrogens is 7. The minimum absolute atomic E-state index is 0.170. The summed E-state index contributed by atoms with van der Waals surface area (Å²) in [5.74, 6) is 2.31. The summed E-state index contributed by atoms with van der Waals surface area (Å²) in [4.78, 5) is 18.4. The number of benzene rings is 5. The third-order valence-corrected chi connectivity index (χ3v) is 8.28. The average molecular weight is 722 g/mol. The summed E-state index contributed by atoms with van der Waals surface area (Å²) in [5.41, 5.74) is 5.32. The van der Waals surface area contributed by atoms with E-state index in [-0.39, 0.29) is 29.4 Å². The minimum Gasteiger partial charge on any atom is -0.497 e. The van der Waals surface area contributed by atoms with Gasteiger partial charge in [-0.05, 0) is 121 Å². The van der Waals surface area contributed by atoms with Crippen molar-refractivity contribution in [3.05, 3.63) is 139 Å². The van der Waals surface area contributed by atoms with Crippen LogP contribution in [0.3, 0.4) is 0 Å². The number of oxazole rings is 1. The van der Waals surface area contributed by atoms with E-state index >= 15 is 0 Å². The molecular weight excluding hydrogens is 692 g/mol. The van der Waals surface area contributed by atoms with Gasteiger partial charge in [0.1, 0.15) is 28.8 Å². The summed E-state index contributed by atoms with van der Waals surface area (Å²) < 4.78 is 45.8. The van der Waals surface area contributed by atoms with Crippen LogP contribution in [0.4, 0.5) is 32.1 Å². The quantitative estimate of drug-likeness (QED) is 0.132. The Hall–Kier alpha value is -7.48. The van der Waals surface area contributed by atoms with Crippen LogP contribution in [0.5, 0.6) is 11.5 Å². The second-order valence-electron chi connectivity index (χ2n) is 11.8. The molecule has 0 unspecified atom stereocenters. The Morgan fingerprint density at radius 3 is 1.63 bits per heavy atom. The van der Waals surface area contributed by atoms with Crippen LogP contribution in [0.2, 0.25) is 0 Å². The molecule has 2 N–H and O–H groups in total. The van der Waals surface area contributed by atoms with Gasteiger partial charge in [0.2, 0.25) is 17.8 Å². The Bertz CT molecular complexity index is 2390. The maximum absolute atomic E-state index is 13.5. The molecule has 8 rings (SSSR count). The van der Waals surface area contributed by atoms with Crippen LogP contribution in [0.25, 0.3) is 51.2 Å². The van der Waals surface area contributed by atoms with Gasteiger partial charge in [0.15, 0.2) is 17.3 Å². The summed E-state index contributed by atoms with van der Waals surface area (Å²) in [7, 11) is 3.25. The average Bonchev–Trinajstić information content (AvgIpc) is 3.89. The molecule has 14 heteroatoms. The molecule has 0 spiro atoms. The lowest BCUT2D eigenvalue weighted by molar-refractivity contribution is 0.414. The maximum atomic E-state index is 13.5. The van der Waals surface area contributed by atoms with Crippen molar-refractivity contribution in [3.8, 4) is 62.7 Å². The zero-order chi connectivity index (χ0) is 37.0. The van der Waals surface area contributed by atoms with Crippen LogP contribution in [0, 0.1) is 11.6 Å². The fraction of sp³-hybridized carbons (Fsp3) is 0.0500. The number of methoxy groups -OCH3 is 2. The van der Waals surface area contributed by atoms with Crippen molar-refractivity contribution in [1.29, 1.82) is 0 Å². The van der Waals surface area contributed by atoms with Crippen LogP contribution >= 0.6 is 0 Å². The molecule has 266 valence electrons. The second-order valence-corrected chi connectivity index (χ2v) is 11.8. The first-order chi connectivity index (χ1) is 26.4. The van der Waals surface area contributed by atoms with Gasteiger partial charge < -0.3 is 24.5 Å². The third kappa shape index (κ3) is 7.29. The number of hydrogen-bond donors (Lipinski definition) is 2. The van der Waals surface area contributed by atoms with E-state index in [0.717, 1.165) is 28.2 Å². The summed E-state index contributed by atoms with van der Waals surface area (Å²) >= 11 is 0. The predicted octanol–water partition coefficient (Wildman–Crippen LogP) is 8.89. The highest BCUT2D eigenvalue weighted by Crippen LogP contribution is 2.37.